The van der Waals surface area contributed by atoms with Crippen molar-refractivity contribution in [3.8, 4) is 11.6 Å². The molecule has 1 aromatic carbocycles. The van der Waals surface area contributed by atoms with Crippen LogP contribution < -0.4 is 10.1 Å². The molecule has 0 saturated heterocycles. The first kappa shape index (κ1) is 15.0. The minimum Gasteiger partial charge on any atom is -0.434 e. The van der Waals surface area contributed by atoms with E-state index in [2.05, 4.69) is 15.3 Å². The number of anilines is 1. The Balaban J connectivity index is 2.30. The van der Waals surface area contributed by atoms with Gasteiger partial charge in [0.05, 0.1) is 4.92 Å². The lowest BCUT2D eigenvalue weighted by atomic mass is 10.3. The summed E-state index contributed by atoms with van der Waals surface area (Å²) in [5.74, 6) is 0.693. The number of hydrogen-bond acceptors (Lipinski definition) is 7. The number of rotatable bonds is 6. The molecule has 7 nitrogen and oxygen atoms in total. The predicted octanol–water partition coefficient (Wildman–Crippen LogP) is 3.33. The van der Waals surface area contributed by atoms with Crippen LogP contribution in [0.2, 0.25) is 0 Å². The largest absolute Gasteiger partial charge is 0.434 e. The van der Waals surface area contributed by atoms with Crippen molar-refractivity contribution in [3.05, 3.63) is 40.6 Å². The molecule has 21 heavy (non-hydrogen) atoms. The Morgan fingerprint density at radius 1 is 1.38 bits per heavy atom. The molecule has 0 bridgehead atoms. The smallest absolute Gasteiger partial charge is 0.349 e. The van der Waals surface area contributed by atoms with Crippen molar-refractivity contribution in [1.29, 1.82) is 0 Å². The highest BCUT2D eigenvalue weighted by Crippen LogP contribution is 2.30. The third kappa shape index (κ3) is 3.82. The molecular weight excluding hydrogens is 292 g/mol. The summed E-state index contributed by atoms with van der Waals surface area (Å²) in [5, 5.41) is 13.9. The van der Waals surface area contributed by atoms with Crippen molar-refractivity contribution in [3.63, 3.8) is 0 Å². The quantitative estimate of drug-likeness (QED) is 0.497. The number of ether oxygens (including phenoxy) is 1. The van der Waals surface area contributed by atoms with E-state index in [0.29, 0.717) is 18.2 Å². The molecule has 0 atom stereocenters. The molecule has 0 amide bonds. The molecule has 0 aliphatic carbocycles. The average molecular weight is 306 g/mol. The first-order valence-corrected chi connectivity index (χ1v) is 7.43. The van der Waals surface area contributed by atoms with E-state index in [1.54, 1.807) is 23.9 Å². The minimum absolute atomic E-state index is 0.0807. The number of nitrogens with one attached hydrogen (secondary N) is 1. The summed E-state index contributed by atoms with van der Waals surface area (Å²) in [6, 6.07) is 7.23. The number of nitrogens with zero attached hydrogens (tertiary/aromatic N) is 3. The molecule has 1 aromatic heterocycles. The van der Waals surface area contributed by atoms with Gasteiger partial charge in [0.25, 0.3) is 0 Å². The molecule has 110 valence electrons. The molecule has 0 aliphatic rings. The van der Waals surface area contributed by atoms with Gasteiger partial charge in [-0.1, -0.05) is 0 Å². The third-order valence-electron chi connectivity index (χ3n) is 2.54. The maximum absolute atomic E-state index is 11.0. The summed E-state index contributed by atoms with van der Waals surface area (Å²) in [7, 11) is 0. The van der Waals surface area contributed by atoms with Gasteiger partial charge in [-0.2, -0.15) is 4.98 Å². The molecule has 0 fully saturated rings. The molecular formula is C13H14N4O3S. The van der Waals surface area contributed by atoms with Crippen LogP contribution in [0.25, 0.3) is 0 Å². The normalized spacial score (nSPS) is 10.2. The van der Waals surface area contributed by atoms with Crippen molar-refractivity contribution in [2.24, 2.45) is 0 Å². The van der Waals surface area contributed by atoms with E-state index in [0.717, 1.165) is 11.1 Å². The highest BCUT2D eigenvalue weighted by atomic mass is 32.2. The van der Waals surface area contributed by atoms with Gasteiger partial charge in [-0.15, -0.1) is 11.8 Å². The maximum Gasteiger partial charge on any atom is 0.349 e. The van der Waals surface area contributed by atoms with Gasteiger partial charge in [-0.05, 0) is 37.4 Å². The Morgan fingerprint density at radius 3 is 2.67 bits per heavy atom. The zero-order chi connectivity index (χ0) is 15.2. The van der Waals surface area contributed by atoms with E-state index in [1.165, 1.54) is 0 Å². The molecule has 1 N–H and O–H groups in total. The Labute approximate surface area is 125 Å². The summed E-state index contributed by atoms with van der Waals surface area (Å²) < 4.78 is 5.52. The highest BCUT2D eigenvalue weighted by molar-refractivity contribution is 7.98. The van der Waals surface area contributed by atoms with Gasteiger partial charge in [0.15, 0.2) is 0 Å². The molecule has 2 rings (SSSR count). The minimum atomic E-state index is -0.568. The second kappa shape index (κ2) is 6.89. The van der Waals surface area contributed by atoms with Gasteiger partial charge < -0.3 is 10.1 Å². The van der Waals surface area contributed by atoms with E-state index in [4.69, 9.17) is 4.74 Å². The first-order valence-electron chi connectivity index (χ1n) is 6.21. The van der Waals surface area contributed by atoms with Gasteiger partial charge in [0.2, 0.25) is 5.95 Å². The second-order valence-electron chi connectivity index (χ2n) is 3.95. The number of nitro groups is 1. The van der Waals surface area contributed by atoms with E-state index in [1.807, 2.05) is 25.3 Å². The summed E-state index contributed by atoms with van der Waals surface area (Å²) in [5.41, 5.74) is -0.273. The van der Waals surface area contributed by atoms with Crippen molar-refractivity contribution in [1.82, 2.24) is 9.97 Å². The summed E-state index contributed by atoms with van der Waals surface area (Å²) >= 11 is 1.60. The van der Waals surface area contributed by atoms with Crippen molar-refractivity contribution in [2.45, 2.75) is 11.8 Å². The topological polar surface area (TPSA) is 90.2 Å². The molecule has 8 heteroatoms. The predicted molar refractivity (Wildman–Crippen MR) is 81.1 cm³/mol. The van der Waals surface area contributed by atoms with Crippen LogP contribution in [0, 0.1) is 10.1 Å². The SMILES string of the molecule is CCNc1ncc([N+](=O)[O-])c(Oc2ccc(SC)cc2)n1. The van der Waals surface area contributed by atoms with Gasteiger partial charge in [-0.3, -0.25) is 10.1 Å². The Kier molecular flexibility index (Phi) is 4.94. The zero-order valence-electron chi connectivity index (χ0n) is 11.6. The monoisotopic (exact) mass is 306 g/mol. The Hall–Kier alpha value is -2.35. The van der Waals surface area contributed by atoms with E-state index < -0.39 is 4.92 Å². The fourth-order valence-corrected chi connectivity index (χ4v) is 1.97. The van der Waals surface area contributed by atoms with Crippen LogP contribution in [0.3, 0.4) is 0 Å². The van der Waals surface area contributed by atoms with Crippen LogP contribution in [0.1, 0.15) is 6.92 Å². The van der Waals surface area contributed by atoms with Gasteiger partial charge in [-0.25, -0.2) is 4.98 Å². The molecule has 0 radical (unpaired) electrons. The zero-order valence-corrected chi connectivity index (χ0v) is 12.4. The maximum atomic E-state index is 11.0. The van der Waals surface area contributed by atoms with Crippen LogP contribution in [0.4, 0.5) is 11.6 Å². The molecule has 1 heterocycles. The molecule has 0 aliphatic heterocycles. The van der Waals surface area contributed by atoms with E-state index in [-0.39, 0.29) is 11.6 Å². The lowest BCUT2D eigenvalue weighted by Gasteiger charge is -2.07. The standard InChI is InChI=1S/C13H14N4O3S/c1-3-14-13-15-8-11(17(18)19)12(16-13)20-9-4-6-10(21-2)7-5-9/h4-8H,3H2,1-2H3,(H,14,15,16). The van der Waals surface area contributed by atoms with Crippen molar-refractivity contribution < 1.29 is 9.66 Å². The lowest BCUT2D eigenvalue weighted by molar-refractivity contribution is -0.386. The average Bonchev–Trinajstić information content (AvgIpc) is 2.48. The van der Waals surface area contributed by atoms with E-state index >= 15 is 0 Å². The number of benzene rings is 1. The first-order chi connectivity index (χ1) is 10.1. The van der Waals surface area contributed by atoms with Crippen LogP contribution in [-0.2, 0) is 0 Å². The third-order valence-corrected chi connectivity index (χ3v) is 3.28. The van der Waals surface area contributed by atoms with Gasteiger partial charge in [0.1, 0.15) is 11.9 Å². The second-order valence-corrected chi connectivity index (χ2v) is 4.83. The number of hydrogen-bond donors (Lipinski definition) is 1. The molecule has 0 unspecified atom stereocenters. The fourth-order valence-electron chi connectivity index (χ4n) is 1.56. The summed E-state index contributed by atoms with van der Waals surface area (Å²) in [6.45, 7) is 2.49. The Bertz CT molecular complexity index is 634. The fraction of sp³-hybridized carbons (Fsp3) is 0.231. The van der Waals surface area contributed by atoms with Crippen LogP contribution in [0.5, 0.6) is 11.6 Å². The van der Waals surface area contributed by atoms with Gasteiger partial charge >= 0.3 is 11.6 Å². The van der Waals surface area contributed by atoms with Crippen LogP contribution in [0.15, 0.2) is 35.4 Å². The molecule has 2 aromatic rings. The van der Waals surface area contributed by atoms with Crippen LogP contribution >= 0.6 is 11.8 Å². The van der Waals surface area contributed by atoms with Crippen molar-refractivity contribution >= 4 is 23.4 Å². The van der Waals surface area contributed by atoms with E-state index in [9.17, 15) is 10.1 Å². The summed E-state index contributed by atoms with van der Waals surface area (Å²) in [6.07, 6.45) is 3.10. The Morgan fingerprint density at radius 2 is 2.10 bits per heavy atom. The van der Waals surface area contributed by atoms with Gasteiger partial charge in [0, 0.05) is 11.4 Å². The summed E-state index contributed by atoms with van der Waals surface area (Å²) in [4.78, 5) is 19.4. The molecule has 0 spiro atoms. The molecule has 0 saturated carbocycles. The van der Waals surface area contributed by atoms with Crippen LogP contribution in [-0.4, -0.2) is 27.7 Å². The van der Waals surface area contributed by atoms with Crippen molar-refractivity contribution in [2.75, 3.05) is 18.1 Å². The number of thioether (sulfide) groups is 1. The lowest BCUT2D eigenvalue weighted by Crippen LogP contribution is -2.04. The number of aromatic nitrogens is 2. The highest BCUT2D eigenvalue weighted by Gasteiger charge is 2.19.